The lowest BCUT2D eigenvalue weighted by Crippen LogP contribution is -1.86. The van der Waals surface area contributed by atoms with Crippen LogP contribution in [0.25, 0.3) is 0 Å². The maximum atomic E-state index is 13.3. The van der Waals surface area contributed by atoms with Crippen molar-refractivity contribution in [3.05, 3.63) is 63.4 Å². The highest BCUT2D eigenvalue weighted by Crippen LogP contribution is 2.26. The zero-order chi connectivity index (χ0) is 13.1. The lowest BCUT2D eigenvalue weighted by atomic mass is 10.1. The van der Waals surface area contributed by atoms with Gasteiger partial charge in [-0.15, -0.1) is 0 Å². The Labute approximate surface area is 115 Å². The van der Waals surface area contributed by atoms with Crippen LogP contribution >= 0.6 is 23.2 Å². The molecule has 2 rings (SSSR count). The van der Waals surface area contributed by atoms with Crippen LogP contribution in [0.4, 0.5) is 10.1 Å². The summed E-state index contributed by atoms with van der Waals surface area (Å²) < 4.78 is 13.3. The SMILES string of the molecule is Cc1ccc(C=Nc2ccc(Cl)c(Cl)c2)cc1F. The fraction of sp³-hybridized carbons (Fsp3) is 0.0714. The first-order valence-corrected chi connectivity index (χ1v) is 6.07. The zero-order valence-electron chi connectivity index (χ0n) is 9.62. The summed E-state index contributed by atoms with van der Waals surface area (Å²) in [6.07, 6.45) is 1.59. The van der Waals surface area contributed by atoms with Gasteiger partial charge >= 0.3 is 0 Å². The van der Waals surface area contributed by atoms with Crippen molar-refractivity contribution in [3.63, 3.8) is 0 Å². The Kier molecular flexibility index (Phi) is 4.00. The second-order valence-corrected chi connectivity index (χ2v) is 4.68. The van der Waals surface area contributed by atoms with E-state index < -0.39 is 0 Å². The number of benzene rings is 2. The summed E-state index contributed by atoms with van der Waals surface area (Å²) in [5, 5.41) is 0.929. The number of aryl methyl sites for hydroxylation is 1. The van der Waals surface area contributed by atoms with Crippen LogP contribution in [0.2, 0.25) is 10.0 Å². The molecule has 4 heteroatoms. The molecule has 0 saturated heterocycles. The minimum Gasteiger partial charge on any atom is -0.256 e. The Morgan fingerprint density at radius 2 is 1.83 bits per heavy atom. The van der Waals surface area contributed by atoms with Gasteiger partial charge in [-0.3, -0.25) is 4.99 Å². The van der Waals surface area contributed by atoms with Gasteiger partial charge in [-0.1, -0.05) is 35.3 Å². The molecule has 0 aliphatic carbocycles. The van der Waals surface area contributed by atoms with Gasteiger partial charge < -0.3 is 0 Å². The van der Waals surface area contributed by atoms with Crippen molar-refractivity contribution >= 4 is 35.1 Å². The van der Waals surface area contributed by atoms with E-state index in [0.717, 1.165) is 0 Å². The van der Waals surface area contributed by atoms with E-state index in [0.29, 0.717) is 26.9 Å². The molecule has 0 spiro atoms. The van der Waals surface area contributed by atoms with E-state index in [9.17, 15) is 4.39 Å². The number of nitrogens with zero attached hydrogens (tertiary/aromatic N) is 1. The molecule has 0 aromatic heterocycles. The second-order valence-electron chi connectivity index (χ2n) is 3.87. The van der Waals surface area contributed by atoms with E-state index >= 15 is 0 Å². The summed E-state index contributed by atoms with van der Waals surface area (Å²) in [4.78, 5) is 4.21. The van der Waals surface area contributed by atoms with Crippen LogP contribution in [0.15, 0.2) is 41.4 Å². The predicted molar refractivity (Wildman–Crippen MR) is 74.9 cm³/mol. The second kappa shape index (κ2) is 5.51. The summed E-state index contributed by atoms with van der Waals surface area (Å²) in [5.41, 5.74) is 1.98. The molecule has 0 fully saturated rings. The van der Waals surface area contributed by atoms with E-state index in [1.165, 1.54) is 6.07 Å². The van der Waals surface area contributed by atoms with Crippen LogP contribution in [0.5, 0.6) is 0 Å². The largest absolute Gasteiger partial charge is 0.256 e. The summed E-state index contributed by atoms with van der Waals surface area (Å²) in [6, 6.07) is 10.0. The first kappa shape index (κ1) is 13.1. The molecule has 1 nitrogen and oxygen atoms in total. The Hall–Kier alpha value is -1.38. The van der Waals surface area contributed by atoms with Gasteiger partial charge in [-0.05, 0) is 42.3 Å². The summed E-state index contributed by atoms with van der Waals surface area (Å²) in [7, 11) is 0. The van der Waals surface area contributed by atoms with Gasteiger partial charge in [0.25, 0.3) is 0 Å². The fourth-order valence-electron chi connectivity index (χ4n) is 1.40. The molecular weight excluding hydrogens is 272 g/mol. The van der Waals surface area contributed by atoms with Crippen molar-refractivity contribution in [2.24, 2.45) is 4.99 Å². The molecule has 0 bridgehead atoms. The van der Waals surface area contributed by atoms with E-state index in [4.69, 9.17) is 23.2 Å². The van der Waals surface area contributed by atoms with Gasteiger partial charge in [0.05, 0.1) is 15.7 Å². The minimum absolute atomic E-state index is 0.243. The smallest absolute Gasteiger partial charge is 0.126 e. The van der Waals surface area contributed by atoms with E-state index in [2.05, 4.69) is 4.99 Å². The highest BCUT2D eigenvalue weighted by molar-refractivity contribution is 6.42. The molecule has 2 aromatic rings. The Balaban J connectivity index is 2.24. The normalized spacial score (nSPS) is 11.1. The van der Waals surface area contributed by atoms with Gasteiger partial charge in [0.15, 0.2) is 0 Å². The molecule has 2 aromatic carbocycles. The highest BCUT2D eigenvalue weighted by atomic mass is 35.5. The van der Waals surface area contributed by atoms with Crippen molar-refractivity contribution in [2.75, 3.05) is 0 Å². The number of hydrogen-bond acceptors (Lipinski definition) is 1. The Bertz CT molecular complexity index is 555. The van der Waals surface area contributed by atoms with Crippen molar-refractivity contribution in [2.45, 2.75) is 6.92 Å². The van der Waals surface area contributed by atoms with Gasteiger partial charge in [0, 0.05) is 6.21 Å². The van der Waals surface area contributed by atoms with E-state index in [-0.39, 0.29) is 5.82 Å². The number of halogens is 3. The predicted octanol–water partition coefficient (Wildman–Crippen LogP) is 5.19. The van der Waals surface area contributed by atoms with Crippen LogP contribution in [0.3, 0.4) is 0 Å². The molecule has 0 aliphatic rings. The van der Waals surface area contributed by atoms with Crippen LogP contribution in [-0.2, 0) is 0 Å². The van der Waals surface area contributed by atoms with Crippen molar-refractivity contribution in [3.8, 4) is 0 Å². The maximum Gasteiger partial charge on any atom is 0.126 e. The van der Waals surface area contributed by atoms with Gasteiger partial charge in [-0.2, -0.15) is 0 Å². The third-order valence-corrected chi connectivity index (χ3v) is 3.20. The molecule has 0 saturated carbocycles. The van der Waals surface area contributed by atoms with Crippen molar-refractivity contribution < 1.29 is 4.39 Å². The molecule has 92 valence electrons. The van der Waals surface area contributed by atoms with Gasteiger partial charge in [0.1, 0.15) is 5.82 Å². The summed E-state index contributed by atoms with van der Waals surface area (Å²) >= 11 is 11.7. The first-order valence-electron chi connectivity index (χ1n) is 5.31. The molecular formula is C14H10Cl2FN. The molecule has 0 unspecified atom stereocenters. The molecule has 0 N–H and O–H groups in total. The Morgan fingerprint density at radius 1 is 1.06 bits per heavy atom. The lowest BCUT2D eigenvalue weighted by molar-refractivity contribution is 0.618. The summed E-state index contributed by atoms with van der Waals surface area (Å²) in [6.45, 7) is 1.72. The topological polar surface area (TPSA) is 12.4 Å². The van der Waals surface area contributed by atoms with Crippen molar-refractivity contribution in [1.82, 2.24) is 0 Å². The molecule has 0 heterocycles. The monoisotopic (exact) mass is 281 g/mol. The summed E-state index contributed by atoms with van der Waals surface area (Å²) in [5.74, 6) is -0.243. The average molecular weight is 282 g/mol. The van der Waals surface area contributed by atoms with Crippen LogP contribution in [0.1, 0.15) is 11.1 Å². The third kappa shape index (κ3) is 3.09. The fourth-order valence-corrected chi connectivity index (χ4v) is 1.70. The highest BCUT2D eigenvalue weighted by Gasteiger charge is 1.99. The average Bonchev–Trinajstić information content (AvgIpc) is 2.35. The van der Waals surface area contributed by atoms with Crippen LogP contribution in [-0.4, -0.2) is 6.21 Å². The van der Waals surface area contributed by atoms with E-state index in [1.54, 1.807) is 43.5 Å². The number of hydrogen-bond donors (Lipinski definition) is 0. The first-order chi connectivity index (χ1) is 8.56. The lowest BCUT2D eigenvalue weighted by Gasteiger charge is -1.99. The van der Waals surface area contributed by atoms with Crippen LogP contribution in [0, 0.1) is 12.7 Å². The molecule has 0 aliphatic heterocycles. The molecule has 18 heavy (non-hydrogen) atoms. The number of aliphatic imine (C=N–C) groups is 1. The maximum absolute atomic E-state index is 13.3. The van der Waals surface area contributed by atoms with Crippen molar-refractivity contribution in [1.29, 1.82) is 0 Å². The molecule has 0 amide bonds. The molecule has 0 radical (unpaired) electrons. The quantitative estimate of drug-likeness (QED) is 0.672. The molecule has 0 atom stereocenters. The van der Waals surface area contributed by atoms with Gasteiger partial charge in [0.2, 0.25) is 0 Å². The standard InChI is InChI=1S/C14H10Cl2FN/c1-9-2-3-10(6-14(9)17)8-18-11-4-5-12(15)13(16)7-11/h2-8H,1H3. The van der Waals surface area contributed by atoms with E-state index in [1.807, 2.05) is 0 Å². The minimum atomic E-state index is -0.243. The third-order valence-electron chi connectivity index (χ3n) is 2.46. The van der Waals surface area contributed by atoms with Gasteiger partial charge in [-0.25, -0.2) is 4.39 Å². The Morgan fingerprint density at radius 3 is 2.50 bits per heavy atom. The van der Waals surface area contributed by atoms with Crippen LogP contribution < -0.4 is 0 Å². The number of rotatable bonds is 2. The zero-order valence-corrected chi connectivity index (χ0v) is 11.1.